The van der Waals surface area contributed by atoms with Crippen molar-refractivity contribution in [1.29, 1.82) is 0 Å². The fourth-order valence-electron chi connectivity index (χ4n) is 0.712. The summed E-state index contributed by atoms with van der Waals surface area (Å²) >= 11 is 0. The van der Waals surface area contributed by atoms with Crippen LogP contribution in [0.4, 0.5) is 0 Å². The lowest BCUT2D eigenvalue weighted by Gasteiger charge is -2.12. The molecule has 0 aliphatic carbocycles. The smallest absolute Gasteiger partial charge is 0.119 e. The van der Waals surface area contributed by atoms with Crippen LogP contribution in [0.15, 0.2) is 24.3 Å². The topological polar surface area (TPSA) is 18.5 Å². The third-order valence-corrected chi connectivity index (χ3v) is 3.67. The summed E-state index contributed by atoms with van der Waals surface area (Å²) in [5, 5.41) is 0. The molecule has 0 bridgehead atoms. The molecule has 0 radical (unpaired) electrons. The first-order chi connectivity index (χ1) is 11.6. The van der Waals surface area contributed by atoms with Crippen LogP contribution in [-0.4, -0.2) is 14.2 Å². The lowest BCUT2D eigenvalue weighted by molar-refractivity contribution is 0.398. The zero-order valence-corrected chi connectivity index (χ0v) is 19.0. The molecule has 0 saturated heterocycles. The monoisotopic (exact) mass is 354 g/mol. The van der Waals surface area contributed by atoms with Crippen LogP contribution in [0.3, 0.4) is 0 Å². The Kier molecular flexibility index (Phi) is 21.9. The highest BCUT2D eigenvalue weighted by molar-refractivity contribution is 5.30. The first-order valence-electron chi connectivity index (χ1n) is 9.79. The number of hydrogen-bond donors (Lipinski definition) is 0. The Labute approximate surface area is 159 Å². The molecule has 0 spiro atoms. The van der Waals surface area contributed by atoms with E-state index in [1.54, 1.807) is 14.2 Å². The standard InChI is InChI=1S/C8H10O2.C6H14.C5H12.C4H10/c1-9-7-3-5-8(10-2)6-4-7;1-5-6(2,3)4;1-4-5(2)3;1-3-4-2/h3-6H,1-2H3;5H2,1-4H3;5H,4H2,1-3H3;3-4H2,1-2H3. The molecule has 150 valence electrons. The van der Waals surface area contributed by atoms with E-state index in [1.807, 2.05) is 24.3 Å². The minimum Gasteiger partial charge on any atom is -0.497 e. The molecule has 2 heteroatoms. The van der Waals surface area contributed by atoms with Gasteiger partial charge in [0.25, 0.3) is 0 Å². The molecule has 0 heterocycles. The lowest BCUT2D eigenvalue weighted by Crippen LogP contribution is -2.00. The van der Waals surface area contributed by atoms with Gasteiger partial charge in [-0.1, -0.05) is 88.0 Å². The van der Waals surface area contributed by atoms with Crippen molar-refractivity contribution in [3.05, 3.63) is 24.3 Å². The number of unbranched alkanes of at least 4 members (excludes halogenated alkanes) is 1. The average Bonchev–Trinajstić information content (AvgIpc) is 2.62. The fourth-order valence-corrected chi connectivity index (χ4v) is 0.712. The Balaban J connectivity index is -0.000000280. The number of rotatable bonds is 4. The van der Waals surface area contributed by atoms with E-state index in [0.717, 1.165) is 17.4 Å². The van der Waals surface area contributed by atoms with E-state index in [1.165, 1.54) is 25.7 Å². The van der Waals surface area contributed by atoms with Gasteiger partial charge in [-0.2, -0.15) is 0 Å². The average molecular weight is 355 g/mol. The van der Waals surface area contributed by atoms with Crippen LogP contribution in [0.25, 0.3) is 0 Å². The number of methoxy groups -OCH3 is 2. The Morgan fingerprint density at radius 3 is 1.08 bits per heavy atom. The van der Waals surface area contributed by atoms with Gasteiger partial charge in [0.2, 0.25) is 0 Å². The summed E-state index contributed by atoms with van der Waals surface area (Å²) < 4.78 is 9.92. The molecule has 1 aromatic rings. The molecular formula is C23H46O2. The van der Waals surface area contributed by atoms with E-state index >= 15 is 0 Å². The maximum atomic E-state index is 4.96. The van der Waals surface area contributed by atoms with E-state index in [4.69, 9.17) is 9.47 Å². The summed E-state index contributed by atoms with van der Waals surface area (Å²) in [7, 11) is 3.28. The SMILES string of the molecule is CCC(C)(C)C.CCC(C)C.CCCC.COc1ccc(OC)cc1. The highest BCUT2D eigenvalue weighted by Crippen LogP contribution is 2.16. The lowest BCUT2D eigenvalue weighted by atomic mass is 9.94. The predicted molar refractivity (Wildman–Crippen MR) is 115 cm³/mol. The molecule has 0 amide bonds. The normalized spacial score (nSPS) is 9.60. The van der Waals surface area contributed by atoms with Gasteiger partial charge in [-0.3, -0.25) is 0 Å². The highest BCUT2D eigenvalue weighted by Gasteiger charge is 2.03. The van der Waals surface area contributed by atoms with Crippen LogP contribution in [0, 0.1) is 11.3 Å². The van der Waals surface area contributed by atoms with Crippen LogP contribution < -0.4 is 9.47 Å². The van der Waals surface area contributed by atoms with Crippen LogP contribution >= 0.6 is 0 Å². The minimum absolute atomic E-state index is 0.542. The van der Waals surface area contributed by atoms with Crippen molar-refractivity contribution in [2.24, 2.45) is 11.3 Å². The van der Waals surface area contributed by atoms with Gasteiger partial charge >= 0.3 is 0 Å². The second kappa shape index (κ2) is 19.1. The van der Waals surface area contributed by atoms with Crippen molar-refractivity contribution in [3.63, 3.8) is 0 Å². The van der Waals surface area contributed by atoms with Crippen molar-refractivity contribution in [3.8, 4) is 11.5 Å². The molecule has 0 aliphatic rings. The summed E-state index contributed by atoms with van der Waals surface area (Å²) in [6.45, 7) is 19.9. The largest absolute Gasteiger partial charge is 0.497 e. The molecule has 0 unspecified atom stereocenters. The Morgan fingerprint density at radius 2 is 1.00 bits per heavy atom. The van der Waals surface area contributed by atoms with Gasteiger partial charge in [0.1, 0.15) is 11.5 Å². The van der Waals surface area contributed by atoms with Crippen molar-refractivity contribution < 1.29 is 9.47 Å². The van der Waals surface area contributed by atoms with E-state index in [-0.39, 0.29) is 0 Å². The Hall–Kier alpha value is -1.18. The Bertz CT molecular complexity index is 322. The second-order valence-corrected chi connectivity index (χ2v) is 7.60. The van der Waals surface area contributed by atoms with E-state index in [2.05, 4.69) is 62.3 Å². The molecule has 0 atom stereocenters. The summed E-state index contributed by atoms with van der Waals surface area (Å²) in [6, 6.07) is 7.44. The predicted octanol–water partition coefficient (Wildman–Crippen LogP) is 8.01. The molecule has 0 fully saturated rings. The third kappa shape index (κ3) is 27.9. The van der Waals surface area contributed by atoms with E-state index in [9.17, 15) is 0 Å². The van der Waals surface area contributed by atoms with Gasteiger partial charge in [-0.05, 0) is 35.6 Å². The summed E-state index contributed by atoms with van der Waals surface area (Å²) in [6.07, 6.45) is 5.22. The van der Waals surface area contributed by atoms with E-state index < -0.39 is 0 Å². The van der Waals surface area contributed by atoms with Crippen molar-refractivity contribution in [1.82, 2.24) is 0 Å². The van der Waals surface area contributed by atoms with Crippen LogP contribution in [0.1, 0.15) is 88.0 Å². The molecule has 25 heavy (non-hydrogen) atoms. The van der Waals surface area contributed by atoms with Crippen molar-refractivity contribution in [2.75, 3.05) is 14.2 Å². The van der Waals surface area contributed by atoms with Gasteiger partial charge in [0.15, 0.2) is 0 Å². The fraction of sp³-hybridized carbons (Fsp3) is 0.739. The Morgan fingerprint density at radius 1 is 0.760 bits per heavy atom. The molecule has 0 N–H and O–H groups in total. The molecule has 0 aromatic heterocycles. The van der Waals surface area contributed by atoms with Crippen molar-refractivity contribution in [2.45, 2.75) is 88.0 Å². The molecule has 1 aromatic carbocycles. The summed E-state index contributed by atoms with van der Waals surface area (Å²) in [5.74, 6) is 2.58. The van der Waals surface area contributed by atoms with Gasteiger partial charge in [0.05, 0.1) is 14.2 Å². The van der Waals surface area contributed by atoms with E-state index in [0.29, 0.717) is 5.41 Å². The summed E-state index contributed by atoms with van der Waals surface area (Å²) in [5.41, 5.74) is 0.542. The van der Waals surface area contributed by atoms with Crippen molar-refractivity contribution >= 4 is 0 Å². The first kappa shape index (κ1) is 28.6. The molecule has 0 aliphatic heterocycles. The zero-order valence-electron chi connectivity index (χ0n) is 19.0. The first-order valence-corrected chi connectivity index (χ1v) is 9.79. The van der Waals surface area contributed by atoms with Gasteiger partial charge in [0, 0.05) is 0 Å². The highest BCUT2D eigenvalue weighted by atomic mass is 16.5. The van der Waals surface area contributed by atoms with Gasteiger partial charge in [-0.15, -0.1) is 0 Å². The maximum absolute atomic E-state index is 4.96. The quantitative estimate of drug-likeness (QED) is 0.545. The van der Waals surface area contributed by atoms with Crippen LogP contribution in [0.5, 0.6) is 11.5 Å². The number of hydrogen-bond acceptors (Lipinski definition) is 2. The molecular weight excluding hydrogens is 308 g/mol. The van der Waals surface area contributed by atoms with Crippen LogP contribution in [0.2, 0.25) is 0 Å². The second-order valence-electron chi connectivity index (χ2n) is 7.60. The number of benzene rings is 1. The maximum Gasteiger partial charge on any atom is 0.119 e. The molecule has 0 saturated carbocycles. The zero-order chi connectivity index (χ0) is 20.3. The van der Waals surface area contributed by atoms with Crippen LogP contribution in [-0.2, 0) is 0 Å². The molecule has 1 rings (SSSR count). The van der Waals surface area contributed by atoms with Gasteiger partial charge < -0.3 is 9.47 Å². The third-order valence-electron chi connectivity index (χ3n) is 3.67. The minimum atomic E-state index is 0.542. The molecule has 2 nitrogen and oxygen atoms in total. The van der Waals surface area contributed by atoms with Gasteiger partial charge in [-0.25, -0.2) is 0 Å². The number of ether oxygens (including phenoxy) is 2. The summed E-state index contributed by atoms with van der Waals surface area (Å²) in [4.78, 5) is 0.